The Morgan fingerprint density at radius 3 is 1.30 bits per heavy atom. The smallest absolute Gasteiger partial charge is 0.440 e. The maximum atomic E-state index is 6.10. The minimum Gasteiger partial charge on any atom is -0.440 e. The van der Waals surface area contributed by atoms with Crippen LogP contribution in [0, 0.1) is 0 Å². The van der Waals surface area contributed by atoms with Gasteiger partial charge in [-0.05, 0) is 36.4 Å². The van der Waals surface area contributed by atoms with Crippen molar-refractivity contribution in [3.05, 3.63) is 84.5 Å². The zero-order valence-corrected chi connectivity index (χ0v) is 13.9. The summed E-state index contributed by atoms with van der Waals surface area (Å²) in [6, 6.07) is 21.9. The molecule has 6 rings (SSSR count). The van der Waals surface area contributed by atoms with Crippen molar-refractivity contribution in [2.75, 3.05) is 0 Å². The normalized spacial score (nSPS) is 17.3. The second-order valence-electron chi connectivity index (χ2n) is 6.13. The Bertz CT molecular complexity index is 1050. The zero-order valence-electron chi connectivity index (χ0n) is 13.9. The topological polar surface area (TPSA) is 55.4 Å². The van der Waals surface area contributed by atoms with E-state index in [9.17, 15) is 0 Å². The summed E-state index contributed by atoms with van der Waals surface area (Å²) in [5.74, 6) is 1.81. The molecule has 0 atom stereocenters. The van der Waals surface area contributed by atoms with Gasteiger partial charge in [-0.2, -0.15) is 0 Å². The Balaban J connectivity index is 1.50. The Kier molecular flexibility index (Phi) is 2.72. The molecular weight excluding hydrogens is 348 g/mol. The number of rotatable bonds is 0. The number of hydrogen-bond acceptors (Lipinski definition) is 6. The highest BCUT2D eigenvalue weighted by Crippen LogP contribution is 2.50. The Hall–Kier alpha value is -3.80. The maximum Gasteiger partial charge on any atom is 0.490 e. The predicted octanol–water partition coefficient (Wildman–Crippen LogP) is 4.22. The number of benzene rings is 3. The van der Waals surface area contributed by atoms with E-state index in [0.717, 1.165) is 0 Å². The van der Waals surface area contributed by atoms with Crippen LogP contribution in [0.25, 0.3) is 0 Å². The third-order valence-corrected chi connectivity index (χ3v) is 4.36. The van der Waals surface area contributed by atoms with Gasteiger partial charge in [0, 0.05) is 0 Å². The SMILES string of the molecule is c1ccc2c(c1)OC(=C1Oc3ccccc3OC13Oc1ccccc1O3)O2. The molecule has 0 saturated carbocycles. The molecule has 0 saturated heterocycles. The molecule has 3 aliphatic heterocycles. The van der Waals surface area contributed by atoms with Crippen molar-refractivity contribution in [3.63, 3.8) is 0 Å². The third-order valence-electron chi connectivity index (χ3n) is 4.36. The number of fused-ring (bicyclic) bond motifs is 3. The van der Waals surface area contributed by atoms with Gasteiger partial charge in [0.1, 0.15) is 0 Å². The summed E-state index contributed by atoms with van der Waals surface area (Å²) >= 11 is 0. The standard InChI is InChI=1S/C21H12O6/c1-2-8-14-13(7-1)23-20(24-14)19-21(25-16-10-4-3-9-15(16)22-19)26-17-11-5-6-12-18(17)27-21/h1-12H. The summed E-state index contributed by atoms with van der Waals surface area (Å²) in [6.07, 6.45) is 0. The molecule has 27 heavy (non-hydrogen) atoms. The Labute approximate surface area is 154 Å². The lowest BCUT2D eigenvalue weighted by Crippen LogP contribution is -2.51. The maximum absolute atomic E-state index is 6.10. The van der Waals surface area contributed by atoms with Gasteiger partial charge in [0.2, 0.25) is 0 Å². The lowest BCUT2D eigenvalue weighted by Gasteiger charge is -2.33. The molecule has 6 heteroatoms. The average Bonchev–Trinajstić information content (AvgIpc) is 3.28. The molecule has 3 aromatic carbocycles. The van der Waals surface area contributed by atoms with E-state index in [1.54, 1.807) is 36.4 Å². The van der Waals surface area contributed by atoms with Crippen LogP contribution in [0.1, 0.15) is 0 Å². The number of hydrogen-bond donors (Lipinski definition) is 0. The summed E-state index contributed by atoms with van der Waals surface area (Å²) in [5, 5.41) is 0. The van der Waals surface area contributed by atoms with Crippen molar-refractivity contribution < 1.29 is 28.4 Å². The fraction of sp³-hybridized carbons (Fsp3) is 0.0476. The fourth-order valence-electron chi connectivity index (χ4n) is 3.14. The molecule has 0 aliphatic carbocycles. The summed E-state index contributed by atoms with van der Waals surface area (Å²) in [7, 11) is 0. The van der Waals surface area contributed by atoms with Gasteiger partial charge < -0.3 is 28.4 Å². The van der Waals surface area contributed by atoms with Gasteiger partial charge in [0.05, 0.1) is 0 Å². The van der Waals surface area contributed by atoms with Crippen molar-refractivity contribution in [1.29, 1.82) is 0 Å². The van der Waals surface area contributed by atoms with Crippen LogP contribution >= 0.6 is 0 Å². The van der Waals surface area contributed by atoms with Crippen molar-refractivity contribution >= 4 is 0 Å². The monoisotopic (exact) mass is 360 g/mol. The minimum absolute atomic E-state index is 0.110. The summed E-state index contributed by atoms with van der Waals surface area (Å²) in [4.78, 5) is 0. The first kappa shape index (κ1) is 14.4. The van der Waals surface area contributed by atoms with Crippen molar-refractivity contribution in [3.8, 4) is 34.5 Å². The summed E-state index contributed by atoms with van der Waals surface area (Å²) in [5.41, 5.74) is 0. The van der Waals surface area contributed by atoms with Gasteiger partial charge in [-0.15, -0.1) is 0 Å². The predicted molar refractivity (Wildman–Crippen MR) is 92.9 cm³/mol. The Morgan fingerprint density at radius 1 is 0.444 bits per heavy atom. The molecule has 0 radical (unpaired) electrons. The van der Waals surface area contributed by atoms with Gasteiger partial charge >= 0.3 is 17.7 Å². The lowest BCUT2D eigenvalue weighted by atomic mass is 10.3. The molecule has 0 aromatic heterocycles. The van der Waals surface area contributed by atoms with Crippen molar-refractivity contribution in [1.82, 2.24) is 0 Å². The highest BCUT2D eigenvalue weighted by Gasteiger charge is 2.57. The molecule has 0 bridgehead atoms. The minimum atomic E-state index is -1.67. The van der Waals surface area contributed by atoms with E-state index in [2.05, 4.69) is 0 Å². The van der Waals surface area contributed by atoms with E-state index < -0.39 is 5.97 Å². The lowest BCUT2D eigenvalue weighted by molar-refractivity contribution is -0.228. The number of ether oxygens (including phenoxy) is 6. The van der Waals surface area contributed by atoms with E-state index in [-0.39, 0.29) is 11.7 Å². The number of para-hydroxylation sites is 6. The molecule has 0 unspecified atom stereocenters. The third kappa shape index (κ3) is 2.07. The van der Waals surface area contributed by atoms with Gasteiger partial charge in [-0.1, -0.05) is 36.4 Å². The van der Waals surface area contributed by atoms with Gasteiger partial charge in [-0.3, -0.25) is 0 Å². The molecular formula is C21H12O6. The molecule has 0 N–H and O–H groups in total. The largest absolute Gasteiger partial charge is 0.490 e. The Morgan fingerprint density at radius 2 is 0.815 bits per heavy atom. The summed E-state index contributed by atoms with van der Waals surface area (Å²) in [6.45, 7) is 0. The van der Waals surface area contributed by atoms with Crippen LogP contribution in [0.15, 0.2) is 84.5 Å². The van der Waals surface area contributed by atoms with Crippen LogP contribution in [0.3, 0.4) is 0 Å². The second kappa shape index (κ2) is 5.11. The van der Waals surface area contributed by atoms with Gasteiger partial charge in [0.25, 0.3) is 0 Å². The van der Waals surface area contributed by atoms with Crippen LogP contribution in [-0.4, -0.2) is 5.97 Å². The zero-order chi connectivity index (χ0) is 17.8. The van der Waals surface area contributed by atoms with E-state index in [4.69, 9.17) is 28.4 Å². The van der Waals surface area contributed by atoms with Crippen molar-refractivity contribution in [2.24, 2.45) is 0 Å². The summed E-state index contributed by atoms with van der Waals surface area (Å²) < 4.78 is 35.9. The molecule has 3 heterocycles. The second-order valence-corrected chi connectivity index (χ2v) is 6.13. The van der Waals surface area contributed by atoms with Gasteiger partial charge in [-0.25, -0.2) is 0 Å². The van der Waals surface area contributed by atoms with Gasteiger partial charge in [0.15, 0.2) is 34.5 Å². The molecule has 0 fully saturated rings. The first-order valence-electron chi connectivity index (χ1n) is 8.43. The molecule has 3 aliphatic rings. The quantitative estimate of drug-likeness (QED) is 0.598. The van der Waals surface area contributed by atoms with Crippen LogP contribution in [0.2, 0.25) is 0 Å². The fourth-order valence-corrected chi connectivity index (χ4v) is 3.14. The van der Waals surface area contributed by atoms with E-state index in [1.165, 1.54) is 0 Å². The van der Waals surface area contributed by atoms with E-state index >= 15 is 0 Å². The van der Waals surface area contributed by atoms with Crippen LogP contribution in [0.4, 0.5) is 0 Å². The highest BCUT2D eigenvalue weighted by molar-refractivity contribution is 5.51. The molecule has 132 valence electrons. The molecule has 1 spiro atoms. The van der Waals surface area contributed by atoms with E-state index in [1.807, 2.05) is 36.4 Å². The highest BCUT2D eigenvalue weighted by atomic mass is 16.9. The first-order valence-corrected chi connectivity index (χ1v) is 8.43. The van der Waals surface area contributed by atoms with E-state index in [0.29, 0.717) is 34.5 Å². The van der Waals surface area contributed by atoms with Crippen molar-refractivity contribution in [2.45, 2.75) is 5.97 Å². The first-order chi connectivity index (χ1) is 13.3. The molecule has 0 amide bonds. The average molecular weight is 360 g/mol. The molecule has 3 aromatic rings. The van der Waals surface area contributed by atoms with Crippen LogP contribution in [-0.2, 0) is 0 Å². The molecule has 6 nitrogen and oxygen atoms in total. The van der Waals surface area contributed by atoms with Crippen LogP contribution < -0.4 is 28.4 Å². The van der Waals surface area contributed by atoms with Crippen LogP contribution in [0.5, 0.6) is 34.5 Å².